The van der Waals surface area contributed by atoms with Crippen molar-refractivity contribution in [3.05, 3.63) is 101 Å². The second-order valence-corrected chi connectivity index (χ2v) is 10.5. The van der Waals surface area contributed by atoms with Crippen molar-refractivity contribution < 1.29 is 18.0 Å². The molecular formula is C26H28ClN3O4S. The van der Waals surface area contributed by atoms with E-state index >= 15 is 0 Å². The highest BCUT2D eigenvalue weighted by molar-refractivity contribution is 7.89. The summed E-state index contributed by atoms with van der Waals surface area (Å²) in [6, 6.07) is 23.6. The van der Waals surface area contributed by atoms with E-state index in [1.807, 2.05) is 60.7 Å². The highest BCUT2D eigenvalue weighted by atomic mass is 35.5. The van der Waals surface area contributed by atoms with Crippen LogP contribution in [0.3, 0.4) is 0 Å². The molecule has 3 aromatic rings. The van der Waals surface area contributed by atoms with Gasteiger partial charge in [-0.1, -0.05) is 72.3 Å². The minimum Gasteiger partial charge on any atom is -0.357 e. The molecular weight excluding hydrogens is 486 g/mol. The smallest absolute Gasteiger partial charge is 0.243 e. The maximum Gasteiger partial charge on any atom is 0.243 e. The maximum atomic E-state index is 13.6. The number of hydrogen-bond donors (Lipinski definition) is 1. The van der Waals surface area contributed by atoms with E-state index < -0.39 is 28.5 Å². The van der Waals surface area contributed by atoms with Crippen molar-refractivity contribution in [3.8, 4) is 0 Å². The molecule has 0 spiro atoms. The molecule has 35 heavy (non-hydrogen) atoms. The van der Waals surface area contributed by atoms with Gasteiger partial charge in [-0.05, 0) is 35.4 Å². The fourth-order valence-corrected chi connectivity index (χ4v) is 4.90. The monoisotopic (exact) mass is 513 g/mol. The number of carbonyl (C=O) groups is 2. The molecule has 0 aliphatic rings. The number of rotatable bonds is 10. The molecule has 0 aliphatic heterocycles. The Hall–Kier alpha value is -3.20. The molecule has 0 aliphatic carbocycles. The van der Waals surface area contributed by atoms with Crippen LogP contribution in [0.1, 0.15) is 11.1 Å². The summed E-state index contributed by atoms with van der Waals surface area (Å²) in [4.78, 5) is 28.0. The normalized spacial score (nSPS) is 12.2. The predicted molar refractivity (Wildman–Crippen MR) is 136 cm³/mol. The highest BCUT2D eigenvalue weighted by Crippen LogP contribution is 2.19. The topological polar surface area (TPSA) is 86.8 Å². The van der Waals surface area contributed by atoms with Crippen LogP contribution in [0.25, 0.3) is 0 Å². The first-order valence-corrected chi connectivity index (χ1v) is 12.8. The third-order valence-corrected chi connectivity index (χ3v) is 7.66. The van der Waals surface area contributed by atoms with Gasteiger partial charge in [-0.25, -0.2) is 8.42 Å². The molecule has 184 valence electrons. The number of benzene rings is 3. The fourth-order valence-electron chi connectivity index (χ4n) is 3.65. The van der Waals surface area contributed by atoms with Crippen molar-refractivity contribution in [2.24, 2.45) is 0 Å². The van der Waals surface area contributed by atoms with E-state index in [1.165, 1.54) is 43.3 Å². The number of nitrogens with one attached hydrogen (secondary N) is 1. The van der Waals surface area contributed by atoms with Crippen LogP contribution in [0.2, 0.25) is 5.02 Å². The summed E-state index contributed by atoms with van der Waals surface area (Å²) < 4.78 is 27.1. The van der Waals surface area contributed by atoms with E-state index in [1.54, 1.807) is 0 Å². The van der Waals surface area contributed by atoms with Crippen molar-refractivity contribution in [1.82, 2.24) is 14.5 Å². The summed E-state index contributed by atoms with van der Waals surface area (Å²) in [5, 5.41) is 3.05. The van der Waals surface area contributed by atoms with Crippen molar-refractivity contribution in [2.45, 2.75) is 23.9 Å². The van der Waals surface area contributed by atoms with Gasteiger partial charge in [0.25, 0.3) is 0 Å². The number of nitrogens with zero attached hydrogens (tertiary/aromatic N) is 2. The van der Waals surface area contributed by atoms with E-state index in [0.29, 0.717) is 5.02 Å². The second-order valence-electron chi connectivity index (χ2n) is 8.04. The third kappa shape index (κ3) is 6.91. The van der Waals surface area contributed by atoms with Crippen LogP contribution in [0, 0.1) is 0 Å². The second kappa shape index (κ2) is 12.0. The highest BCUT2D eigenvalue weighted by Gasteiger charge is 2.32. The molecule has 9 heteroatoms. The van der Waals surface area contributed by atoms with Gasteiger partial charge in [-0.15, -0.1) is 0 Å². The molecule has 0 bridgehead atoms. The lowest BCUT2D eigenvalue weighted by molar-refractivity contribution is -0.141. The van der Waals surface area contributed by atoms with Gasteiger partial charge in [0, 0.05) is 32.1 Å². The number of hydrogen-bond acceptors (Lipinski definition) is 4. The van der Waals surface area contributed by atoms with Crippen LogP contribution < -0.4 is 5.32 Å². The quantitative estimate of drug-likeness (QED) is 0.450. The van der Waals surface area contributed by atoms with Crippen LogP contribution in [-0.2, 0) is 32.6 Å². The Morgan fingerprint density at radius 2 is 1.43 bits per heavy atom. The summed E-state index contributed by atoms with van der Waals surface area (Å²) in [7, 11) is -1.08. The summed E-state index contributed by atoms with van der Waals surface area (Å²) in [6.07, 6.45) is 0.284. The molecule has 7 nitrogen and oxygen atoms in total. The molecule has 1 N–H and O–H groups in total. The van der Waals surface area contributed by atoms with Crippen molar-refractivity contribution >= 4 is 33.4 Å². The molecule has 3 aromatic carbocycles. The molecule has 0 radical (unpaired) electrons. The van der Waals surface area contributed by atoms with Gasteiger partial charge < -0.3 is 10.2 Å². The minimum absolute atomic E-state index is 0.0268. The van der Waals surface area contributed by atoms with Crippen LogP contribution in [-0.4, -0.2) is 56.1 Å². The lowest BCUT2D eigenvalue weighted by atomic mass is 10.0. The van der Waals surface area contributed by atoms with E-state index in [2.05, 4.69) is 5.32 Å². The molecule has 0 saturated carbocycles. The Morgan fingerprint density at radius 1 is 0.886 bits per heavy atom. The fraction of sp³-hybridized carbons (Fsp3) is 0.231. The number of sulfonamides is 1. The first-order valence-electron chi connectivity index (χ1n) is 11.0. The van der Waals surface area contributed by atoms with Crippen LogP contribution in [0.5, 0.6) is 0 Å². The summed E-state index contributed by atoms with van der Waals surface area (Å²) in [5.74, 6) is -0.820. The minimum atomic E-state index is -3.94. The van der Waals surface area contributed by atoms with Gasteiger partial charge >= 0.3 is 0 Å². The first kappa shape index (κ1) is 26.4. The van der Waals surface area contributed by atoms with Crippen LogP contribution in [0.15, 0.2) is 89.8 Å². The van der Waals surface area contributed by atoms with E-state index in [-0.39, 0.29) is 23.8 Å². The molecule has 0 unspecified atom stereocenters. The Labute approximate surface area is 211 Å². The van der Waals surface area contributed by atoms with Gasteiger partial charge in [0.1, 0.15) is 6.04 Å². The van der Waals surface area contributed by atoms with Gasteiger partial charge in [0.15, 0.2) is 0 Å². The molecule has 1 atom stereocenters. The Morgan fingerprint density at radius 3 is 1.97 bits per heavy atom. The number of amides is 2. The number of halogens is 1. The van der Waals surface area contributed by atoms with Crippen molar-refractivity contribution in [2.75, 3.05) is 20.6 Å². The Balaban J connectivity index is 1.91. The maximum absolute atomic E-state index is 13.6. The molecule has 3 rings (SSSR count). The Bertz CT molecular complexity index is 1240. The zero-order chi connectivity index (χ0) is 25.4. The average molecular weight is 514 g/mol. The SMILES string of the molecule is CNC(=O)[C@@H](Cc1ccccc1)N(Cc1ccccc1)C(=O)CN(C)S(=O)(=O)c1ccc(Cl)cc1. The zero-order valence-corrected chi connectivity index (χ0v) is 21.2. The molecule has 0 heterocycles. The van der Waals surface area contributed by atoms with Gasteiger partial charge in [0.2, 0.25) is 21.8 Å². The van der Waals surface area contributed by atoms with E-state index in [4.69, 9.17) is 11.6 Å². The summed E-state index contributed by atoms with van der Waals surface area (Å²) in [6.45, 7) is -0.278. The largest absolute Gasteiger partial charge is 0.357 e. The van der Waals surface area contributed by atoms with E-state index in [0.717, 1.165) is 15.4 Å². The van der Waals surface area contributed by atoms with Crippen LogP contribution >= 0.6 is 11.6 Å². The standard InChI is InChI=1S/C26H28ClN3O4S/c1-28-26(32)24(17-20-9-5-3-6-10-20)30(18-21-11-7-4-8-12-21)25(31)19-29(2)35(33,34)23-15-13-22(27)14-16-23/h3-16,24H,17-19H2,1-2H3,(H,28,32)/t24-/m1/s1. The first-order chi connectivity index (χ1) is 16.7. The van der Waals surface area contributed by atoms with Gasteiger partial charge in [-0.2, -0.15) is 4.31 Å². The number of carbonyl (C=O) groups excluding carboxylic acids is 2. The predicted octanol–water partition coefficient (Wildman–Crippen LogP) is 3.35. The molecule has 0 saturated heterocycles. The third-order valence-electron chi connectivity index (χ3n) is 5.59. The van der Waals surface area contributed by atoms with Crippen LogP contribution in [0.4, 0.5) is 0 Å². The summed E-state index contributed by atoms with van der Waals surface area (Å²) >= 11 is 5.88. The lowest BCUT2D eigenvalue weighted by Crippen LogP contribution is -2.52. The zero-order valence-electron chi connectivity index (χ0n) is 19.6. The lowest BCUT2D eigenvalue weighted by Gasteiger charge is -2.32. The van der Waals surface area contributed by atoms with Crippen molar-refractivity contribution in [3.63, 3.8) is 0 Å². The molecule has 0 aromatic heterocycles. The van der Waals surface area contributed by atoms with Crippen molar-refractivity contribution in [1.29, 1.82) is 0 Å². The molecule has 0 fully saturated rings. The average Bonchev–Trinajstić information content (AvgIpc) is 2.87. The van der Waals surface area contributed by atoms with Gasteiger partial charge in [0.05, 0.1) is 11.4 Å². The summed E-state index contributed by atoms with van der Waals surface area (Å²) in [5.41, 5.74) is 1.71. The van der Waals surface area contributed by atoms with Gasteiger partial charge in [-0.3, -0.25) is 9.59 Å². The number of likely N-dealkylation sites (N-methyl/N-ethyl adjacent to an activating group) is 2. The molecule has 2 amide bonds. The van der Waals surface area contributed by atoms with E-state index in [9.17, 15) is 18.0 Å². The Kier molecular flexibility index (Phi) is 9.03.